The second-order valence-corrected chi connectivity index (χ2v) is 8.84. The fourth-order valence-corrected chi connectivity index (χ4v) is 4.99. The van der Waals surface area contributed by atoms with Gasteiger partial charge in [-0.1, -0.05) is 24.9 Å². The molecule has 3 aromatic rings. The van der Waals surface area contributed by atoms with Gasteiger partial charge in [-0.05, 0) is 31.0 Å². The van der Waals surface area contributed by atoms with Crippen LogP contribution in [-0.4, -0.2) is 21.5 Å². The summed E-state index contributed by atoms with van der Waals surface area (Å²) in [6.45, 7) is 1.86. The molecule has 4 nitrogen and oxygen atoms in total. The molecule has 0 N–H and O–H groups in total. The third-order valence-corrected chi connectivity index (χ3v) is 6.75. The Hall–Kier alpha value is -1.96. The van der Waals surface area contributed by atoms with Crippen LogP contribution in [0.1, 0.15) is 55.9 Å². The van der Waals surface area contributed by atoms with Crippen molar-refractivity contribution < 1.29 is 14.0 Å². The second kappa shape index (κ2) is 10.2. The van der Waals surface area contributed by atoms with E-state index in [9.17, 15) is 14.0 Å². The Balaban J connectivity index is 1.81. The first-order valence-electron chi connectivity index (χ1n) is 9.40. The summed E-state index contributed by atoms with van der Waals surface area (Å²) in [5, 5.41) is 3.46. The Morgan fingerprint density at radius 2 is 1.93 bits per heavy atom. The van der Waals surface area contributed by atoms with Gasteiger partial charge in [-0.3, -0.25) is 9.59 Å². The summed E-state index contributed by atoms with van der Waals surface area (Å²) in [5.41, 5.74) is 0.934. The molecule has 0 spiro atoms. The highest BCUT2D eigenvalue weighted by Gasteiger charge is 2.22. The van der Waals surface area contributed by atoms with E-state index in [0.717, 1.165) is 17.8 Å². The Morgan fingerprint density at radius 1 is 1.14 bits per heavy atom. The van der Waals surface area contributed by atoms with E-state index in [1.54, 1.807) is 12.3 Å². The minimum atomic E-state index is -0.432. The van der Waals surface area contributed by atoms with Gasteiger partial charge in [0.25, 0.3) is 0 Å². The summed E-state index contributed by atoms with van der Waals surface area (Å²) in [4.78, 5) is 33.7. The zero-order valence-corrected chi connectivity index (χ0v) is 18.3. The van der Waals surface area contributed by atoms with E-state index in [-0.39, 0.29) is 16.6 Å². The minimum Gasteiger partial charge on any atom is -0.300 e. The number of unbranched alkanes of at least 4 members (excludes halogenated alkanes) is 2. The van der Waals surface area contributed by atoms with Crippen LogP contribution < -0.4 is 0 Å². The fraction of sp³-hybridized carbons (Fsp3) is 0.333. The van der Waals surface area contributed by atoms with Crippen molar-refractivity contribution in [1.82, 2.24) is 9.97 Å². The molecule has 3 rings (SSSR count). The van der Waals surface area contributed by atoms with Gasteiger partial charge in [0.15, 0.2) is 15.8 Å². The molecular weight excluding hydrogens is 431 g/mol. The van der Waals surface area contributed by atoms with Crippen molar-refractivity contribution in [3.8, 4) is 20.5 Å². The summed E-state index contributed by atoms with van der Waals surface area (Å²) in [6.07, 6.45) is 5.44. The van der Waals surface area contributed by atoms with Crippen LogP contribution in [0.5, 0.6) is 0 Å². The van der Waals surface area contributed by atoms with Crippen LogP contribution >= 0.6 is 34.3 Å². The van der Waals surface area contributed by atoms with Gasteiger partial charge in [0.1, 0.15) is 17.3 Å². The van der Waals surface area contributed by atoms with Crippen molar-refractivity contribution >= 4 is 45.8 Å². The molecule has 0 radical (unpaired) electrons. The molecule has 0 amide bonds. The summed E-state index contributed by atoms with van der Waals surface area (Å²) >= 11 is 9.02. The van der Waals surface area contributed by atoms with Gasteiger partial charge in [0, 0.05) is 36.4 Å². The highest BCUT2D eigenvalue weighted by atomic mass is 35.5. The van der Waals surface area contributed by atoms with E-state index in [0.29, 0.717) is 46.8 Å². The Morgan fingerprint density at radius 3 is 2.62 bits per heavy atom. The van der Waals surface area contributed by atoms with E-state index in [1.807, 2.05) is 12.3 Å². The topological polar surface area (TPSA) is 59.9 Å². The lowest BCUT2D eigenvalue weighted by molar-refractivity contribution is -0.118. The van der Waals surface area contributed by atoms with Crippen molar-refractivity contribution in [3.05, 3.63) is 46.3 Å². The summed E-state index contributed by atoms with van der Waals surface area (Å²) in [7, 11) is 0. The fourth-order valence-electron chi connectivity index (χ4n) is 2.87. The smallest absolute Gasteiger partial charge is 0.182 e. The number of benzene rings is 1. The number of ketones is 2. The van der Waals surface area contributed by atoms with Crippen LogP contribution in [0, 0.1) is 5.82 Å². The normalized spacial score (nSPS) is 11.0. The number of carbonyl (C=O) groups excluding carboxylic acids is 2. The molecule has 29 heavy (non-hydrogen) atoms. The molecule has 0 unspecified atom stereocenters. The molecule has 0 atom stereocenters. The number of nitrogens with zero attached hydrogens (tertiary/aromatic N) is 2. The molecule has 0 aliphatic rings. The van der Waals surface area contributed by atoms with Crippen molar-refractivity contribution in [2.75, 3.05) is 0 Å². The molecule has 152 valence electrons. The van der Waals surface area contributed by atoms with E-state index in [1.165, 1.54) is 34.8 Å². The molecule has 0 aliphatic carbocycles. The zero-order valence-electron chi connectivity index (χ0n) is 15.9. The van der Waals surface area contributed by atoms with Crippen molar-refractivity contribution in [3.63, 3.8) is 0 Å². The van der Waals surface area contributed by atoms with E-state index in [4.69, 9.17) is 11.6 Å². The van der Waals surface area contributed by atoms with E-state index >= 15 is 0 Å². The second-order valence-electron chi connectivity index (χ2n) is 6.53. The van der Waals surface area contributed by atoms with Crippen molar-refractivity contribution in [2.24, 2.45) is 0 Å². The van der Waals surface area contributed by atoms with Gasteiger partial charge in [0.2, 0.25) is 0 Å². The number of carbonyl (C=O) groups is 2. The van der Waals surface area contributed by atoms with Gasteiger partial charge in [-0.25, -0.2) is 14.4 Å². The number of hydrogen-bond donors (Lipinski definition) is 0. The first kappa shape index (κ1) is 21.7. The lowest BCUT2D eigenvalue weighted by Crippen LogP contribution is -2.02. The quantitative estimate of drug-likeness (QED) is 0.250. The first-order chi connectivity index (χ1) is 14.0. The lowest BCUT2D eigenvalue weighted by Gasteiger charge is -2.05. The number of halogens is 2. The highest BCUT2D eigenvalue weighted by Crippen LogP contribution is 2.40. The maximum atomic E-state index is 13.5. The SMILES string of the molecule is CCC(=O)CCCCCC(=O)c1nc(-c2nccs2)sc1-c1ccc(F)cc1Cl. The lowest BCUT2D eigenvalue weighted by atomic mass is 10.0. The molecule has 1 aromatic carbocycles. The standard InChI is InChI=1S/C21H20ClFN2O2S2/c1-2-14(26)6-4-3-5-7-17(27)18-19(15-9-8-13(23)12-16(15)22)29-21(25-18)20-24-10-11-28-20/h8-12H,2-7H2,1H3. The van der Waals surface area contributed by atoms with E-state index < -0.39 is 5.82 Å². The van der Waals surface area contributed by atoms with E-state index in [2.05, 4.69) is 9.97 Å². The summed E-state index contributed by atoms with van der Waals surface area (Å²) < 4.78 is 13.5. The molecular formula is C21H20ClFN2O2S2. The Bertz CT molecular complexity index is 1000. The molecule has 0 saturated carbocycles. The maximum absolute atomic E-state index is 13.5. The molecule has 8 heteroatoms. The zero-order chi connectivity index (χ0) is 20.8. The molecule has 0 saturated heterocycles. The van der Waals surface area contributed by atoms with Gasteiger partial charge in [-0.15, -0.1) is 22.7 Å². The van der Waals surface area contributed by atoms with Crippen LogP contribution in [0.3, 0.4) is 0 Å². The van der Waals surface area contributed by atoms with Gasteiger partial charge in [0.05, 0.1) is 9.90 Å². The average Bonchev–Trinajstić information content (AvgIpc) is 3.37. The third kappa shape index (κ3) is 5.56. The maximum Gasteiger partial charge on any atom is 0.182 e. The third-order valence-electron chi connectivity index (χ3n) is 4.44. The number of Topliss-reactive ketones (excluding diaryl/α,β-unsaturated/α-hetero) is 2. The predicted octanol–water partition coefficient (Wildman–Crippen LogP) is 6.84. The Labute approximate surface area is 181 Å². The number of aromatic nitrogens is 2. The monoisotopic (exact) mass is 450 g/mol. The van der Waals surface area contributed by atoms with Gasteiger partial charge in [-0.2, -0.15) is 0 Å². The molecule has 2 heterocycles. The largest absolute Gasteiger partial charge is 0.300 e. The van der Waals surface area contributed by atoms with Crippen LogP contribution in [0.25, 0.3) is 20.5 Å². The van der Waals surface area contributed by atoms with Crippen molar-refractivity contribution in [1.29, 1.82) is 0 Å². The molecule has 0 aliphatic heterocycles. The summed E-state index contributed by atoms with van der Waals surface area (Å²) in [6, 6.07) is 4.13. The summed E-state index contributed by atoms with van der Waals surface area (Å²) in [5.74, 6) is -0.267. The predicted molar refractivity (Wildman–Crippen MR) is 116 cm³/mol. The van der Waals surface area contributed by atoms with Crippen LogP contribution in [0.15, 0.2) is 29.8 Å². The minimum absolute atomic E-state index is 0.0822. The molecule has 0 fully saturated rings. The van der Waals surface area contributed by atoms with Gasteiger partial charge >= 0.3 is 0 Å². The number of hydrogen-bond acceptors (Lipinski definition) is 6. The number of rotatable bonds is 10. The highest BCUT2D eigenvalue weighted by molar-refractivity contribution is 7.22. The van der Waals surface area contributed by atoms with Crippen molar-refractivity contribution in [2.45, 2.75) is 45.4 Å². The van der Waals surface area contributed by atoms with Crippen LogP contribution in [0.2, 0.25) is 5.02 Å². The molecule has 2 aromatic heterocycles. The first-order valence-corrected chi connectivity index (χ1v) is 11.5. The van der Waals surface area contributed by atoms with Gasteiger partial charge < -0.3 is 0 Å². The van der Waals surface area contributed by atoms with Crippen LogP contribution in [0.4, 0.5) is 4.39 Å². The van der Waals surface area contributed by atoms with Crippen LogP contribution in [-0.2, 0) is 4.79 Å². The number of thiazole rings is 2. The Kier molecular flexibility index (Phi) is 7.64. The average molecular weight is 451 g/mol. The molecule has 0 bridgehead atoms.